The largest absolute Gasteiger partial charge is 0.383 e. The highest BCUT2D eigenvalue weighted by atomic mass is 16.5. The summed E-state index contributed by atoms with van der Waals surface area (Å²) < 4.78 is 12.8. The van der Waals surface area contributed by atoms with Gasteiger partial charge in [0.2, 0.25) is 0 Å². The zero-order chi connectivity index (χ0) is 11.4. The molecule has 1 aliphatic rings. The zero-order valence-corrected chi connectivity index (χ0v) is 9.93. The predicted octanol–water partition coefficient (Wildman–Crippen LogP) is 1.21. The summed E-state index contributed by atoms with van der Waals surface area (Å²) in [7, 11) is 1.71. The fourth-order valence-electron chi connectivity index (χ4n) is 2.26. The van der Waals surface area contributed by atoms with Crippen LogP contribution >= 0.6 is 0 Å². The van der Waals surface area contributed by atoms with Gasteiger partial charge in [0.05, 0.1) is 12.7 Å². The molecule has 0 amide bonds. The van der Waals surface area contributed by atoms with Gasteiger partial charge in [0.1, 0.15) is 12.2 Å². The van der Waals surface area contributed by atoms with Gasteiger partial charge in [-0.05, 0) is 12.8 Å². The number of rotatable bonds is 5. The number of nitrogens with zero attached hydrogens (tertiary/aromatic N) is 3. The Morgan fingerprint density at radius 1 is 1.62 bits per heavy atom. The maximum Gasteiger partial charge on any atom is 0.138 e. The molecule has 2 atom stereocenters. The second kappa shape index (κ2) is 5.41. The monoisotopic (exact) mass is 225 g/mol. The van der Waals surface area contributed by atoms with Crippen molar-refractivity contribution in [2.75, 3.05) is 20.3 Å². The van der Waals surface area contributed by atoms with Crippen molar-refractivity contribution in [3.8, 4) is 0 Å². The molecule has 1 aliphatic heterocycles. The van der Waals surface area contributed by atoms with E-state index in [-0.39, 0.29) is 0 Å². The molecule has 2 heterocycles. The molecule has 90 valence electrons. The van der Waals surface area contributed by atoms with Crippen molar-refractivity contribution in [1.82, 2.24) is 14.8 Å². The molecule has 5 heteroatoms. The molecule has 2 rings (SSSR count). The molecule has 1 aromatic heterocycles. The van der Waals surface area contributed by atoms with Crippen molar-refractivity contribution < 1.29 is 9.47 Å². The Hall–Kier alpha value is -0.940. The molecule has 5 nitrogen and oxygen atoms in total. The number of aromatic nitrogens is 3. The Morgan fingerprint density at radius 3 is 3.25 bits per heavy atom. The predicted molar refractivity (Wildman–Crippen MR) is 59.3 cm³/mol. The summed E-state index contributed by atoms with van der Waals surface area (Å²) in [5.74, 6) is 1.44. The Morgan fingerprint density at radius 2 is 2.50 bits per heavy atom. The lowest BCUT2D eigenvalue weighted by Gasteiger charge is -2.16. The molecule has 1 aromatic rings. The van der Waals surface area contributed by atoms with Gasteiger partial charge in [0.25, 0.3) is 0 Å². The summed E-state index contributed by atoms with van der Waals surface area (Å²) in [4.78, 5) is 0. The Bertz CT molecular complexity index is 327. The highest BCUT2D eigenvalue weighted by molar-refractivity contribution is 5.02. The van der Waals surface area contributed by atoms with E-state index in [0.29, 0.717) is 18.6 Å². The highest BCUT2D eigenvalue weighted by Gasteiger charge is 2.31. The first kappa shape index (κ1) is 11.5. The smallest absolute Gasteiger partial charge is 0.138 e. The van der Waals surface area contributed by atoms with E-state index in [1.165, 1.54) is 0 Å². The normalized spacial score (nSPS) is 25.1. The van der Waals surface area contributed by atoms with Crippen molar-refractivity contribution in [3.63, 3.8) is 0 Å². The topological polar surface area (TPSA) is 49.2 Å². The van der Waals surface area contributed by atoms with Gasteiger partial charge in [-0.25, -0.2) is 0 Å². The van der Waals surface area contributed by atoms with Crippen molar-refractivity contribution in [2.24, 2.45) is 0 Å². The Balaban J connectivity index is 2.10. The van der Waals surface area contributed by atoms with Crippen LogP contribution in [0.2, 0.25) is 0 Å². The number of ether oxygens (including phenoxy) is 2. The summed E-state index contributed by atoms with van der Waals surface area (Å²) in [5.41, 5.74) is 0. The standard InChI is InChI=1S/C11H19N3O2/c1-3-10-9(4-6-16-10)11-13-12-8-14(11)5-7-15-2/h8-10H,3-7H2,1-2H3. The minimum Gasteiger partial charge on any atom is -0.383 e. The minimum atomic E-state index is 0.297. The van der Waals surface area contributed by atoms with Crippen molar-refractivity contribution in [2.45, 2.75) is 38.3 Å². The van der Waals surface area contributed by atoms with Gasteiger partial charge in [-0.1, -0.05) is 6.92 Å². The van der Waals surface area contributed by atoms with Crippen LogP contribution < -0.4 is 0 Å². The molecule has 1 saturated heterocycles. The third kappa shape index (κ3) is 2.25. The van der Waals surface area contributed by atoms with Gasteiger partial charge < -0.3 is 14.0 Å². The van der Waals surface area contributed by atoms with E-state index in [2.05, 4.69) is 21.7 Å². The number of methoxy groups -OCH3 is 1. The van der Waals surface area contributed by atoms with Crippen molar-refractivity contribution in [3.05, 3.63) is 12.2 Å². The quantitative estimate of drug-likeness (QED) is 0.755. The second-order valence-electron chi connectivity index (χ2n) is 4.09. The first-order valence-electron chi connectivity index (χ1n) is 5.85. The fraction of sp³-hybridized carbons (Fsp3) is 0.818. The fourth-order valence-corrected chi connectivity index (χ4v) is 2.26. The summed E-state index contributed by atoms with van der Waals surface area (Å²) in [6.45, 7) is 4.49. The average molecular weight is 225 g/mol. The SMILES string of the molecule is CCC1OCCC1c1nncn1CCOC. The molecular weight excluding hydrogens is 206 g/mol. The summed E-state index contributed by atoms with van der Waals surface area (Å²) in [5, 5.41) is 8.22. The Labute approximate surface area is 95.8 Å². The lowest BCUT2D eigenvalue weighted by atomic mass is 9.99. The van der Waals surface area contributed by atoms with Gasteiger partial charge in [0.15, 0.2) is 0 Å². The van der Waals surface area contributed by atoms with Crippen molar-refractivity contribution in [1.29, 1.82) is 0 Å². The van der Waals surface area contributed by atoms with E-state index in [1.807, 2.05) is 0 Å². The number of hydrogen-bond donors (Lipinski definition) is 0. The van der Waals surface area contributed by atoms with Crippen LogP contribution in [0.5, 0.6) is 0 Å². The van der Waals surface area contributed by atoms with Crippen LogP contribution in [0.25, 0.3) is 0 Å². The second-order valence-corrected chi connectivity index (χ2v) is 4.09. The lowest BCUT2D eigenvalue weighted by Crippen LogP contribution is -2.18. The first-order chi connectivity index (χ1) is 7.86. The van der Waals surface area contributed by atoms with E-state index in [0.717, 1.165) is 31.8 Å². The van der Waals surface area contributed by atoms with Gasteiger partial charge >= 0.3 is 0 Å². The maximum atomic E-state index is 5.69. The van der Waals surface area contributed by atoms with Crippen LogP contribution in [-0.4, -0.2) is 41.2 Å². The van der Waals surface area contributed by atoms with Gasteiger partial charge in [-0.2, -0.15) is 0 Å². The van der Waals surface area contributed by atoms with Crippen molar-refractivity contribution >= 4 is 0 Å². The molecule has 0 radical (unpaired) electrons. The first-order valence-corrected chi connectivity index (χ1v) is 5.85. The molecule has 0 saturated carbocycles. The van der Waals surface area contributed by atoms with Crippen LogP contribution in [0, 0.1) is 0 Å². The summed E-state index contributed by atoms with van der Waals surface area (Å²) in [6, 6.07) is 0. The van der Waals surface area contributed by atoms with E-state index < -0.39 is 0 Å². The third-order valence-corrected chi connectivity index (χ3v) is 3.13. The van der Waals surface area contributed by atoms with E-state index in [9.17, 15) is 0 Å². The molecule has 0 N–H and O–H groups in total. The molecule has 16 heavy (non-hydrogen) atoms. The van der Waals surface area contributed by atoms with Crippen LogP contribution in [0.1, 0.15) is 31.5 Å². The van der Waals surface area contributed by atoms with Gasteiger partial charge in [0, 0.05) is 26.2 Å². The molecular formula is C11H19N3O2. The van der Waals surface area contributed by atoms with E-state index >= 15 is 0 Å². The maximum absolute atomic E-state index is 5.69. The third-order valence-electron chi connectivity index (χ3n) is 3.13. The molecule has 0 aliphatic carbocycles. The molecule has 0 spiro atoms. The average Bonchev–Trinajstić information content (AvgIpc) is 2.93. The molecule has 0 bridgehead atoms. The molecule has 0 aromatic carbocycles. The molecule has 1 fully saturated rings. The highest BCUT2D eigenvalue weighted by Crippen LogP contribution is 2.31. The summed E-state index contributed by atoms with van der Waals surface area (Å²) in [6.07, 6.45) is 4.15. The Kier molecular flexibility index (Phi) is 3.90. The van der Waals surface area contributed by atoms with Crippen LogP contribution in [-0.2, 0) is 16.0 Å². The van der Waals surface area contributed by atoms with Gasteiger partial charge in [-0.3, -0.25) is 0 Å². The van der Waals surface area contributed by atoms with Gasteiger partial charge in [-0.15, -0.1) is 10.2 Å². The van der Waals surface area contributed by atoms with E-state index in [1.54, 1.807) is 13.4 Å². The van der Waals surface area contributed by atoms with Crippen LogP contribution in [0.15, 0.2) is 6.33 Å². The van der Waals surface area contributed by atoms with Crippen LogP contribution in [0.4, 0.5) is 0 Å². The van der Waals surface area contributed by atoms with Crippen LogP contribution in [0.3, 0.4) is 0 Å². The van der Waals surface area contributed by atoms with E-state index in [4.69, 9.17) is 9.47 Å². The number of hydrogen-bond acceptors (Lipinski definition) is 4. The summed E-state index contributed by atoms with van der Waals surface area (Å²) >= 11 is 0. The molecule has 2 unspecified atom stereocenters. The minimum absolute atomic E-state index is 0.297. The zero-order valence-electron chi connectivity index (χ0n) is 9.93. The lowest BCUT2D eigenvalue weighted by molar-refractivity contribution is 0.0984.